The molecule has 0 radical (unpaired) electrons. The second-order valence-electron chi connectivity index (χ2n) is 6.14. The number of rotatable bonds is 9. The lowest BCUT2D eigenvalue weighted by molar-refractivity contribution is 0.497. The van der Waals surface area contributed by atoms with Crippen molar-refractivity contribution in [3.63, 3.8) is 0 Å². The summed E-state index contributed by atoms with van der Waals surface area (Å²) < 4.78 is 28.5. The van der Waals surface area contributed by atoms with Crippen LogP contribution in [0.2, 0.25) is 0 Å². The number of hydrogen-bond donors (Lipinski definition) is 0. The van der Waals surface area contributed by atoms with Crippen LogP contribution in [0, 0.1) is 11.6 Å². The summed E-state index contributed by atoms with van der Waals surface area (Å²) in [4.78, 5) is 0. The first kappa shape index (κ1) is 17.7. The SMILES string of the molecule is CCCCCCCCCc1ccc(-c2ccccc2)c(F)c1F. The molecule has 0 amide bonds. The molecule has 0 unspecified atom stereocenters. The van der Waals surface area contributed by atoms with Crippen molar-refractivity contribution in [2.24, 2.45) is 0 Å². The van der Waals surface area contributed by atoms with Gasteiger partial charge in [0.15, 0.2) is 11.6 Å². The fraction of sp³-hybridized carbons (Fsp3) is 0.429. The van der Waals surface area contributed by atoms with Crippen LogP contribution in [0.3, 0.4) is 0 Å². The Hall–Kier alpha value is -1.70. The van der Waals surface area contributed by atoms with Crippen molar-refractivity contribution in [1.29, 1.82) is 0 Å². The summed E-state index contributed by atoms with van der Waals surface area (Å²) in [6, 6.07) is 12.6. The van der Waals surface area contributed by atoms with Gasteiger partial charge in [0.1, 0.15) is 0 Å². The van der Waals surface area contributed by atoms with Gasteiger partial charge in [-0.05, 0) is 24.0 Å². The number of unbranched alkanes of at least 4 members (excludes halogenated alkanes) is 6. The molecule has 2 rings (SSSR count). The van der Waals surface area contributed by atoms with Crippen molar-refractivity contribution >= 4 is 0 Å². The van der Waals surface area contributed by atoms with Gasteiger partial charge < -0.3 is 0 Å². The maximum atomic E-state index is 14.3. The van der Waals surface area contributed by atoms with E-state index in [0.29, 0.717) is 23.1 Å². The van der Waals surface area contributed by atoms with Crippen molar-refractivity contribution in [2.75, 3.05) is 0 Å². The minimum atomic E-state index is -0.725. The highest BCUT2D eigenvalue weighted by Gasteiger charge is 2.14. The number of halogens is 2. The van der Waals surface area contributed by atoms with Gasteiger partial charge in [0.25, 0.3) is 0 Å². The summed E-state index contributed by atoms with van der Waals surface area (Å²) in [5.41, 5.74) is 1.55. The topological polar surface area (TPSA) is 0 Å². The maximum Gasteiger partial charge on any atom is 0.166 e. The molecule has 0 heterocycles. The molecule has 0 aliphatic heterocycles. The molecule has 0 aliphatic rings. The van der Waals surface area contributed by atoms with E-state index in [1.807, 2.05) is 18.2 Å². The van der Waals surface area contributed by atoms with E-state index in [1.165, 1.54) is 32.1 Å². The van der Waals surface area contributed by atoms with Gasteiger partial charge >= 0.3 is 0 Å². The molecule has 0 saturated carbocycles. The third kappa shape index (κ3) is 5.16. The lowest BCUT2D eigenvalue weighted by Crippen LogP contribution is -1.97. The summed E-state index contributed by atoms with van der Waals surface area (Å²) in [6.45, 7) is 2.20. The number of benzene rings is 2. The Kier molecular flexibility index (Phi) is 7.25. The lowest BCUT2D eigenvalue weighted by atomic mass is 9.99. The van der Waals surface area contributed by atoms with Gasteiger partial charge in [-0.3, -0.25) is 0 Å². The number of hydrogen-bond acceptors (Lipinski definition) is 0. The third-order valence-electron chi connectivity index (χ3n) is 4.30. The zero-order valence-corrected chi connectivity index (χ0v) is 14.0. The Balaban J connectivity index is 1.90. The molecule has 0 spiro atoms. The molecule has 124 valence electrons. The predicted octanol–water partition coefficient (Wildman–Crippen LogP) is 6.92. The van der Waals surface area contributed by atoms with Crippen LogP contribution in [-0.2, 0) is 6.42 Å². The van der Waals surface area contributed by atoms with Crippen molar-refractivity contribution in [2.45, 2.75) is 58.3 Å². The summed E-state index contributed by atoms with van der Waals surface area (Å²) >= 11 is 0. The van der Waals surface area contributed by atoms with Crippen molar-refractivity contribution in [3.05, 3.63) is 59.7 Å². The van der Waals surface area contributed by atoms with Crippen LogP contribution >= 0.6 is 0 Å². The van der Waals surface area contributed by atoms with E-state index in [1.54, 1.807) is 24.3 Å². The molecular weight excluding hydrogens is 290 g/mol. The van der Waals surface area contributed by atoms with E-state index in [-0.39, 0.29) is 0 Å². The zero-order valence-electron chi connectivity index (χ0n) is 14.0. The van der Waals surface area contributed by atoms with Crippen molar-refractivity contribution < 1.29 is 8.78 Å². The van der Waals surface area contributed by atoms with E-state index in [2.05, 4.69) is 6.92 Å². The van der Waals surface area contributed by atoms with Gasteiger partial charge in [-0.1, -0.05) is 87.9 Å². The van der Waals surface area contributed by atoms with Gasteiger partial charge in [-0.15, -0.1) is 0 Å². The summed E-state index contributed by atoms with van der Waals surface area (Å²) in [7, 11) is 0. The second kappa shape index (κ2) is 9.44. The van der Waals surface area contributed by atoms with Crippen molar-refractivity contribution in [3.8, 4) is 11.1 Å². The molecule has 0 fully saturated rings. The summed E-state index contributed by atoms with van der Waals surface area (Å²) in [5.74, 6) is -1.41. The second-order valence-corrected chi connectivity index (χ2v) is 6.14. The van der Waals surface area contributed by atoms with Gasteiger partial charge in [0, 0.05) is 5.56 Å². The third-order valence-corrected chi connectivity index (χ3v) is 4.30. The molecule has 0 N–H and O–H groups in total. The normalized spacial score (nSPS) is 10.9. The van der Waals surface area contributed by atoms with E-state index >= 15 is 0 Å². The molecule has 23 heavy (non-hydrogen) atoms. The molecule has 0 aromatic heterocycles. The van der Waals surface area contributed by atoms with E-state index < -0.39 is 11.6 Å². The first-order valence-electron chi connectivity index (χ1n) is 8.76. The smallest absolute Gasteiger partial charge is 0.166 e. The standard InChI is InChI=1S/C21H26F2/c1-2-3-4-5-6-7-9-14-18-15-16-19(21(23)20(18)22)17-12-10-8-11-13-17/h8,10-13,15-16H,2-7,9,14H2,1H3. The highest BCUT2D eigenvalue weighted by atomic mass is 19.2. The average molecular weight is 316 g/mol. The van der Waals surface area contributed by atoms with Crippen LogP contribution in [0.5, 0.6) is 0 Å². The van der Waals surface area contributed by atoms with Gasteiger partial charge in [0.2, 0.25) is 0 Å². The van der Waals surface area contributed by atoms with Gasteiger partial charge in [-0.25, -0.2) is 8.78 Å². The molecule has 2 aromatic carbocycles. The quantitative estimate of drug-likeness (QED) is 0.440. The highest BCUT2D eigenvalue weighted by Crippen LogP contribution is 2.27. The largest absolute Gasteiger partial charge is 0.203 e. The Labute approximate surface area is 138 Å². The maximum absolute atomic E-state index is 14.3. The molecule has 0 saturated heterocycles. The highest BCUT2D eigenvalue weighted by molar-refractivity contribution is 5.64. The molecule has 0 atom stereocenters. The Morgan fingerprint density at radius 3 is 2.04 bits per heavy atom. The Morgan fingerprint density at radius 2 is 1.35 bits per heavy atom. The van der Waals surface area contributed by atoms with Crippen LogP contribution in [0.1, 0.15) is 57.4 Å². The minimum absolute atomic E-state index is 0.339. The monoisotopic (exact) mass is 316 g/mol. The zero-order chi connectivity index (χ0) is 16.5. The van der Waals surface area contributed by atoms with Crippen LogP contribution in [0.15, 0.2) is 42.5 Å². The first-order valence-corrected chi connectivity index (χ1v) is 8.76. The van der Waals surface area contributed by atoms with Gasteiger partial charge in [0.05, 0.1) is 0 Å². The fourth-order valence-electron chi connectivity index (χ4n) is 2.90. The first-order chi connectivity index (χ1) is 11.2. The molecule has 0 nitrogen and oxygen atoms in total. The Bertz CT molecular complexity index is 590. The van der Waals surface area contributed by atoms with E-state index in [9.17, 15) is 8.78 Å². The average Bonchev–Trinajstić information content (AvgIpc) is 2.58. The molecular formula is C21H26F2. The fourth-order valence-corrected chi connectivity index (χ4v) is 2.90. The lowest BCUT2D eigenvalue weighted by Gasteiger charge is -2.09. The van der Waals surface area contributed by atoms with E-state index in [4.69, 9.17) is 0 Å². The summed E-state index contributed by atoms with van der Waals surface area (Å²) in [5, 5.41) is 0. The van der Waals surface area contributed by atoms with Crippen LogP contribution in [0.4, 0.5) is 8.78 Å². The Morgan fingerprint density at radius 1 is 0.696 bits per heavy atom. The summed E-state index contributed by atoms with van der Waals surface area (Å²) in [6.07, 6.45) is 8.89. The van der Waals surface area contributed by atoms with Crippen molar-refractivity contribution in [1.82, 2.24) is 0 Å². The molecule has 0 aliphatic carbocycles. The van der Waals surface area contributed by atoms with Crippen LogP contribution in [-0.4, -0.2) is 0 Å². The molecule has 2 heteroatoms. The van der Waals surface area contributed by atoms with Crippen LogP contribution in [0.25, 0.3) is 11.1 Å². The van der Waals surface area contributed by atoms with E-state index in [0.717, 1.165) is 12.8 Å². The number of aryl methyl sites for hydroxylation is 1. The minimum Gasteiger partial charge on any atom is -0.203 e. The van der Waals surface area contributed by atoms with Crippen LogP contribution < -0.4 is 0 Å². The molecule has 0 bridgehead atoms. The van der Waals surface area contributed by atoms with Gasteiger partial charge in [-0.2, -0.15) is 0 Å². The predicted molar refractivity (Wildman–Crippen MR) is 93.5 cm³/mol. The molecule has 2 aromatic rings.